The second-order valence-corrected chi connectivity index (χ2v) is 6.99. The summed E-state index contributed by atoms with van der Waals surface area (Å²) >= 11 is 0. The van der Waals surface area contributed by atoms with Crippen molar-refractivity contribution in [3.63, 3.8) is 0 Å². The molecule has 0 radical (unpaired) electrons. The van der Waals surface area contributed by atoms with Crippen LogP contribution in [0.1, 0.15) is 44.4 Å². The molecule has 1 heterocycles. The molecule has 0 aliphatic carbocycles. The van der Waals surface area contributed by atoms with E-state index in [1.54, 1.807) is 39.8 Å². The summed E-state index contributed by atoms with van der Waals surface area (Å²) in [6, 6.07) is 3.58. The van der Waals surface area contributed by atoms with E-state index in [1.807, 2.05) is 0 Å². The van der Waals surface area contributed by atoms with Crippen molar-refractivity contribution in [2.24, 2.45) is 0 Å². The molecule has 1 fully saturated rings. The van der Waals surface area contributed by atoms with Crippen LogP contribution in [0.15, 0.2) is 18.2 Å². The number of halogens is 2. The lowest BCUT2D eigenvalue weighted by Crippen LogP contribution is -2.42. The van der Waals surface area contributed by atoms with Crippen molar-refractivity contribution in [2.45, 2.75) is 58.0 Å². The number of rotatable bonds is 2. The van der Waals surface area contributed by atoms with Crippen LogP contribution in [-0.2, 0) is 4.74 Å². The molecule has 3 atom stereocenters. The molecule has 4 nitrogen and oxygen atoms in total. The number of ether oxygens (including phenoxy) is 1. The van der Waals surface area contributed by atoms with E-state index >= 15 is 0 Å². The molecule has 6 heteroatoms. The van der Waals surface area contributed by atoms with Crippen molar-refractivity contribution < 1.29 is 23.4 Å². The minimum Gasteiger partial charge on any atom is -0.444 e. The Bertz CT molecular complexity index is 586. The normalized spacial score (nSPS) is 23.0. The van der Waals surface area contributed by atoms with Crippen LogP contribution in [-0.4, -0.2) is 40.5 Å². The number of hydrogen-bond acceptors (Lipinski definition) is 3. The topological polar surface area (TPSA) is 49.8 Å². The maximum atomic E-state index is 13.8. The summed E-state index contributed by atoms with van der Waals surface area (Å²) < 4.78 is 32.8. The van der Waals surface area contributed by atoms with Crippen molar-refractivity contribution in [2.75, 3.05) is 6.54 Å². The van der Waals surface area contributed by atoms with Gasteiger partial charge in [-0.3, -0.25) is 4.90 Å². The Kier molecular flexibility index (Phi) is 4.94. The molecule has 2 rings (SSSR count). The van der Waals surface area contributed by atoms with Gasteiger partial charge in [-0.1, -0.05) is 12.1 Å². The largest absolute Gasteiger partial charge is 0.444 e. The number of benzene rings is 1. The molecule has 1 saturated heterocycles. The fraction of sp³-hybridized carbons (Fsp3) is 0.588. The van der Waals surface area contributed by atoms with Crippen LogP contribution in [0.5, 0.6) is 0 Å². The second-order valence-electron chi connectivity index (χ2n) is 6.99. The van der Waals surface area contributed by atoms with Gasteiger partial charge in [0.2, 0.25) is 0 Å². The van der Waals surface area contributed by atoms with Crippen molar-refractivity contribution in [1.29, 1.82) is 0 Å². The maximum absolute atomic E-state index is 13.8. The van der Waals surface area contributed by atoms with Gasteiger partial charge >= 0.3 is 6.09 Å². The minimum absolute atomic E-state index is 0.00406. The van der Waals surface area contributed by atoms with Gasteiger partial charge in [-0.15, -0.1) is 0 Å². The van der Waals surface area contributed by atoms with Crippen molar-refractivity contribution in [3.8, 4) is 0 Å². The number of nitrogens with zero attached hydrogens (tertiary/aromatic N) is 1. The molecular formula is C17H23F2NO3. The monoisotopic (exact) mass is 327 g/mol. The van der Waals surface area contributed by atoms with E-state index in [4.69, 9.17) is 4.74 Å². The summed E-state index contributed by atoms with van der Waals surface area (Å²) in [6.45, 7) is 6.63. The molecule has 1 aromatic rings. The summed E-state index contributed by atoms with van der Waals surface area (Å²) in [5, 5.41) is 10.5. The van der Waals surface area contributed by atoms with E-state index in [-0.39, 0.29) is 13.0 Å². The molecule has 0 aromatic heterocycles. The predicted octanol–water partition coefficient (Wildman–Crippen LogP) is 3.52. The van der Waals surface area contributed by atoms with E-state index in [1.165, 1.54) is 11.0 Å². The Balaban J connectivity index is 2.21. The SMILES string of the molecule is Cc1ccc(C(O)[C@@H]2C[C@@H](F)CN2C(=O)OC(C)(C)C)cc1F. The number of hydrogen-bond donors (Lipinski definition) is 1. The van der Waals surface area contributed by atoms with Crippen LogP contribution in [0.2, 0.25) is 0 Å². The first-order valence-corrected chi connectivity index (χ1v) is 7.66. The summed E-state index contributed by atoms with van der Waals surface area (Å²) in [5.74, 6) is -0.444. The van der Waals surface area contributed by atoms with Crippen LogP contribution in [0.4, 0.5) is 13.6 Å². The molecule has 0 saturated carbocycles. The molecule has 1 aromatic carbocycles. The number of likely N-dealkylation sites (tertiary alicyclic amines) is 1. The molecule has 23 heavy (non-hydrogen) atoms. The third-order valence-electron chi connectivity index (χ3n) is 3.82. The van der Waals surface area contributed by atoms with E-state index in [0.717, 1.165) is 0 Å². The van der Waals surface area contributed by atoms with Gasteiger partial charge in [-0.2, -0.15) is 0 Å². The van der Waals surface area contributed by atoms with E-state index in [0.29, 0.717) is 11.1 Å². The average Bonchev–Trinajstić information content (AvgIpc) is 2.81. The van der Waals surface area contributed by atoms with Gasteiger partial charge in [0.25, 0.3) is 0 Å². The number of aryl methyl sites for hydroxylation is 1. The number of aliphatic hydroxyl groups is 1. The Hall–Kier alpha value is -1.69. The van der Waals surface area contributed by atoms with Gasteiger partial charge in [-0.05, 0) is 44.9 Å². The number of alkyl halides is 1. The fourth-order valence-electron chi connectivity index (χ4n) is 2.66. The molecule has 1 unspecified atom stereocenters. The quantitative estimate of drug-likeness (QED) is 0.904. The van der Waals surface area contributed by atoms with Gasteiger partial charge in [0.15, 0.2) is 0 Å². The molecule has 128 valence electrons. The van der Waals surface area contributed by atoms with Crippen molar-refractivity contribution in [3.05, 3.63) is 35.1 Å². The van der Waals surface area contributed by atoms with Gasteiger partial charge in [0.1, 0.15) is 17.6 Å². The van der Waals surface area contributed by atoms with E-state index in [2.05, 4.69) is 0 Å². The standard InChI is InChI=1S/C17H23F2NO3/c1-10-5-6-11(7-13(10)19)15(21)14-8-12(18)9-20(14)16(22)23-17(2,3)4/h5-7,12,14-15,21H,8-9H2,1-4H3/t12-,14+,15?/m1/s1. The minimum atomic E-state index is -1.24. The zero-order chi connectivity index (χ0) is 17.4. The number of carbonyl (C=O) groups excluding carboxylic acids is 1. The zero-order valence-corrected chi connectivity index (χ0v) is 13.8. The summed E-state index contributed by atoms with van der Waals surface area (Å²) in [5.41, 5.74) is 0.0669. The fourth-order valence-corrected chi connectivity index (χ4v) is 2.66. The highest BCUT2D eigenvalue weighted by Gasteiger charge is 2.41. The van der Waals surface area contributed by atoms with Gasteiger partial charge in [0, 0.05) is 6.42 Å². The predicted molar refractivity (Wildman–Crippen MR) is 82.3 cm³/mol. The second kappa shape index (κ2) is 6.43. The third-order valence-corrected chi connectivity index (χ3v) is 3.82. The number of aliphatic hydroxyl groups excluding tert-OH is 1. The Labute approximate surface area is 135 Å². The first-order chi connectivity index (χ1) is 10.6. The molecule has 1 amide bonds. The first kappa shape index (κ1) is 17.7. The third kappa shape index (κ3) is 4.19. The highest BCUT2D eigenvalue weighted by Crippen LogP contribution is 2.32. The van der Waals surface area contributed by atoms with Crippen molar-refractivity contribution >= 4 is 6.09 Å². The molecule has 1 aliphatic rings. The molecular weight excluding hydrogens is 304 g/mol. The summed E-state index contributed by atoms with van der Waals surface area (Å²) in [7, 11) is 0. The Morgan fingerprint density at radius 2 is 2.09 bits per heavy atom. The maximum Gasteiger partial charge on any atom is 0.410 e. The van der Waals surface area contributed by atoms with Crippen LogP contribution < -0.4 is 0 Å². The van der Waals surface area contributed by atoms with Crippen molar-refractivity contribution in [1.82, 2.24) is 4.90 Å². The first-order valence-electron chi connectivity index (χ1n) is 7.66. The summed E-state index contributed by atoms with van der Waals surface area (Å²) in [4.78, 5) is 13.4. The smallest absolute Gasteiger partial charge is 0.410 e. The number of amides is 1. The molecule has 0 bridgehead atoms. The van der Waals surface area contributed by atoms with Gasteiger partial charge < -0.3 is 9.84 Å². The lowest BCUT2D eigenvalue weighted by Gasteiger charge is -2.31. The van der Waals surface area contributed by atoms with Crippen LogP contribution in [0, 0.1) is 12.7 Å². The highest BCUT2D eigenvalue weighted by molar-refractivity contribution is 5.69. The van der Waals surface area contributed by atoms with Gasteiger partial charge in [0.05, 0.1) is 18.7 Å². The highest BCUT2D eigenvalue weighted by atomic mass is 19.1. The Morgan fingerprint density at radius 1 is 1.43 bits per heavy atom. The summed E-state index contributed by atoms with van der Waals surface area (Å²) in [6.07, 6.45) is -3.08. The molecule has 0 spiro atoms. The van der Waals surface area contributed by atoms with E-state index in [9.17, 15) is 18.7 Å². The van der Waals surface area contributed by atoms with Crippen LogP contribution >= 0.6 is 0 Å². The molecule has 1 aliphatic heterocycles. The van der Waals surface area contributed by atoms with Crippen LogP contribution in [0.25, 0.3) is 0 Å². The Morgan fingerprint density at radius 3 is 2.65 bits per heavy atom. The lowest BCUT2D eigenvalue weighted by molar-refractivity contribution is 0.00463. The average molecular weight is 327 g/mol. The lowest BCUT2D eigenvalue weighted by atomic mass is 9.99. The molecule has 1 N–H and O–H groups in total. The van der Waals surface area contributed by atoms with E-state index < -0.39 is 35.8 Å². The van der Waals surface area contributed by atoms with Crippen LogP contribution in [0.3, 0.4) is 0 Å². The number of carbonyl (C=O) groups is 1. The van der Waals surface area contributed by atoms with Gasteiger partial charge in [-0.25, -0.2) is 13.6 Å². The zero-order valence-electron chi connectivity index (χ0n) is 13.8.